The molecule has 1 saturated heterocycles. The number of nitrogens with one attached hydrogen (secondary N) is 1. The fourth-order valence-electron chi connectivity index (χ4n) is 10.5. The fraction of sp³-hybridized carbons (Fsp3) is 0.784. The van der Waals surface area contributed by atoms with E-state index in [4.69, 9.17) is 14.2 Å². The van der Waals surface area contributed by atoms with E-state index in [1.165, 1.54) is 12.5 Å². The second-order valence-electron chi connectivity index (χ2n) is 16.1. The van der Waals surface area contributed by atoms with Crippen LogP contribution in [0, 0.1) is 34.5 Å². The third kappa shape index (κ3) is 6.98. The van der Waals surface area contributed by atoms with Crippen LogP contribution in [0.1, 0.15) is 118 Å². The van der Waals surface area contributed by atoms with Gasteiger partial charge in [-0.25, -0.2) is 0 Å². The molecule has 2 N–H and O–H groups in total. The Morgan fingerprint density at radius 1 is 0.979 bits per heavy atom. The number of fused-ring (bicyclic) bond motifs is 5. The third-order valence-electron chi connectivity index (χ3n) is 12.8. The van der Waals surface area contributed by atoms with Gasteiger partial charge in [-0.1, -0.05) is 19.4 Å². The van der Waals surface area contributed by atoms with Crippen molar-refractivity contribution < 1.29 is 48.1 Å². The number of rotatable bonds is 11. The molecular formula is C37H53NO10. The summed E-state index contributed by atoms with van der Waals surface area (Å²) in [5.41, 5.74) is -1.23. The molecule has 0 aromatic carbocycles. The van der Waals surface area contributed by atoms with Gasteiger partial charge >= 0.3 is 17.9 Å². The number of esters is 2. The Balaban J connectivity index is 1.20. The first kappa shape index (κ1) is 36.2. The maximum absolute atomic E-state index is 14.0. The summed E-state index contributed by atoms with van der Waals surface area (Å²) >= 11 is 0. The van der Waals surface area contributed by atoms with Crippen molar-refractivity contribution in [2.24, 2.45) is 34.5 Å². The van der Waals surface area contributed by atoms with Gasteiger partial charge in [-0.2, -0.15) is 0 Å². The van der Waals surface area contributed by atoms with Crippen LogP contribution in [0.25, 0.3) is 0 Å². The molecule has 0 spiro atoms. The predicted octanol–water partition coefficient (Wildman–Crippen LogP) is 4.88. The number of hydrogen-bond donors (Lipinski definition) is 2. The molecular weight excluding hydrogens is 618 g/mol. The van der Waals surface area contributed by atoms with Gasteiger partial charge in [0.1, 0.15) is 0 Å². The number of amides is 1. The molecule has 1 heterocycles. The highest BCUT2D eigenvalue weighted by atomic mass is 16.6. The topological polar surface area (TPSA) is 162 Å². The summed E-state index contributed by atoms with van der Waals surface area (Å²) in [5, 5.41) is 12.2. The Morgan fingerprint density at radius 3 is 2.40 bits per heavy atom. The second-order valence-corrected chi connectivity index (χ2v) is 16.1. The first-order valence-electron chi connectivity index (χ1n) is 17.8. The molecule has 3 saturated carbocycles. The summed E-state index contributed by atoms with van der Waals surface area (Å²) in [6, 6.07) is -0.597. The molecule has 11 nitrogen and oxygen atoms in total. The van der Waals surface area contributed by atoms with E-state index in [1.807, 2.05) is 19.9 Å². The van der Waals surface area contributed by atoms with E-state index in [2.05, 4.69) is 19.2 Å². The smallest absolute Gasteiger partial charge is 0.306 e. The predicted molar refractivity (Wildman–Crippen MR) is 173 cm³/mol. The monoisotopic (exact) mass is 671 g/mol. The zero-order valence-electron chi connectivity index (χ0n) is 29.2. The molecule has 11 heteroatoms. The van der Waals surface area contributed by atoms with Crippen LogP contribution in [0.4, 0.5) is 0 Å². The molecule has 1 amide bonds. The normalized spacial score (nSPS) is 35.9. The van der Waals surface area contributed by atoms with E-state index in [-0.39, 0.29) is 42.3 Å². The molecule has 8 atom stereocenters. The molecule has 0 radical (unpaired) electrons. The van der Waals surface area contributed by atoms with Crippen LogP contribution in [0.15, 0.2) is 11.6 Å². The van der Waals surface area contributed by atoms with Gasteiger partial charge in [0.15, 0.2) is 18.0 Å². The standard InChI is InChI=1S/C37H53NO10/c1-22(39)48-37(16-12-28-26-7-6-24-18-25(40)10-14-35(24,4)27(26)11-15-36(28,37)5)30(41)21-46-33(45)9-8-31(42)38-29(19-32(43)44)23-13-17-47-34(2,3)20-23/h18,23,26-29H,6-17,19-21H2,1-5H3,(H,38,42)(H,43,44)/t23-,26-,27+,28-,29-,35+,36+,37+/m1/s1. The maximum atomic E-state index is 14.0. The van der Waals surface area contributed by atoms with Crippen molar-refractivity contribution >= 4 is 35.4 Å². The van der Waals surface area contributed by atoms with Gasteiger partial charge in [-0.3, -0.25) is 28.8 Å². The highest BCUT2D eigenvalue weighted by Gasteiger charge is 2.68. The van der Waals surface area contributed by atoms with Gasteiger partial charge in [0.25, 0.3) is 0 Å². The lowest BCUT2D eigenvalue weighted by atomic mass is 9.46. The fourth-order valence-corrected chi connectivity index (χ4v) is 10.5. The highest BCUT2D eigenvalue weighted by Crippen LogP contribution is 2.68. The minimum Gasteiger partial charge on any atom is -0.481 e. The lowest BCUT2D eigenvalue weighted by Gasteiger charge is -2.59. The molecule has 5 aliphatic rings. The zero-order valence-corrected chi connectivity index (χ0v) is 29.2. The van der Waals surface area contributed by atoms with Gasteiger partial charge in [0.2, 0.25) is 11.7 Å². The Kier molecular flexibility index (Phi) is 10.3. The number of ketones is 2. The second kappa shape index (κ2) is 13.7. The zero-order chi connectivity index (χ0) is 35.1. The molecule has 0 bridgehead atoms. The van der Waals surface area contributed by atoms with Gasteiger partial charge in [-0.05, 0) is 107 Å². The Morgan fingerprint density at radius 2 is 1.71 bits per heavy atom. The van der Waals surface area contributed by atoms with Crippen molar-refractivity contribution in [3.63, 3.8) is 0 Å². The average Bonchev–Trinajstić information content (AvgIpc) is 3.30. The number of carbonyl (C=O) groups excluding carboxylic acids is 5. The Hall–Kier alpha value is -3.08. The van der Waals surface area contributed by atoms with Crippen molar-refractivity contribution in [1.29, 1.82) is 0 Å². The van der Waals surface area contributed by atoms with E-state index in [9.17, 15) is 33.9 Å². The lowest BCUT2D eigenvalue weighted by molar-refractivity contribution is -0.191. The molecule has 0 unspecified atom stereocenters. The number of ether oxygens (including phenoxy) is 3. The van der Waals surface area contributed by atoms with Crippen LogP contribution in [0.2, 0.25) is 0 Å². The van der Waals surface area contributed by atoms with Gasteiger partial charge in [0, 0.05) is 37.8 Å². The third-order valence-corrected chi connectivity index (χ3v) is 12.8. The SMILES string of the molecule is CC(=O)O[C@]1(C(=O)COC(=O)CCC(=O)N[C@H](CC(=O)O)[C@@H]2CCOC(C)(C)C2)CC[C@@H]2[C@@H]3CCC4=CC(=O)CC[C@]4(C)[C@H]3CC[C@@]21C. The largest absolute Gasteiger partial charge is 0.481 e. The van der Waals surface area contributed by atoms with Gasteiger partial charge in [0.05, 0.1) is 18.4 Å². The summed E-state index contributed by atoms with van der Waals surface area (Å²) in [5.74, 6) is -2.20. The minimum atomic E-state index is -1.41. The van der Waals surface area contributed by atoms with E-state index < -0.39 is 58.9 Å². The molecule has 0 aromatic rings. The summed E-state index contributed by atoms with van der Waals surface area (Å²) in [6.07, 6.45) is 8.19. The first-order valence-corrected chi connectivity index (χ1v) is 17.8. The molecule has 5 rings (SSSR count). The first-order chi connectivity index (χ1) is 22.5. The van der Waals surface area contributed by atoms with Crippen molar-refractivity contribution in [3.05, 3.63) is 11.6 Å². The highest BCUT2D eigenvalue weighted by molar-refractivity contribution is 5.93. The van der Waals surface area contributed by atoms with Crippen LogP contribution in [-0.4, -0.2) is 70.9 Å². The van der Waals surface area contributed by atoms with E-state index in [0.717, 1.165) is 32.1 Å². The van der Waals surface area contributed by atoms with Crippen LogP contribution < -0.4 is 5.32 Å². The summed E-state index contributed by atoms with van der Waals surface area (Å²) in [4.78, 5) is 75.9. The van der Waals surface area contributed by atoms with Gasteiger partial charge in [-0.15, -0.1) is 0 Å². The van der Waals surface area contributed by atoms with Crippen LogP contribution >= 0.6 is 0 Å². The van der Waals surface area contributed by atoms with Crippen LogP contribution in [-0.2, 0) is 43.0 Å². The summed E-state index contributed by atoms with van der Waals surface area (Å²) in [7, 11) is 0. The number of carboxylic acid groups (broad SMARTS) is 1. The molecule has 4 fully saturated rings. The lowest BCUT2D eigenvalue weighted by Crippen LogP contribution is -2.59. The average molecular weight is 672 g/mol. The number of allylic oxidation sites excluding steroid dienone is 1. The molecule has 48 heavy (non-hydrogen) atoms. The maximum Gasteiger partial charge on any atom is 0.306 e. The van der Waals surface area contributed by atoms with Gasteiger partial charge < -0.3 is 24.6 Å². The van der Waals surface area contributed by atoms with Crippen molar-refractivity contribution in [2.75, 3.05) is 13.2 Å². The number of aliphatic carboxylic acids is 1. The Labute approximate surface area is 283 Å². The molecule has 4 aliphatic carbocycles. The molecule has 266 valence electrons. The van der Waals surface area contributed by atoms with Crippen molar-refractivity contribution in [3.8, 4) is 0 Å². The number of hydrogen-bond acceptors (Lipinski definition) is 9. The molecule has 1 aliphatic heterocycles. The van der Waals surface area contributed by atoms with E-state index in [0.29, 0.717) is 50.5 Å². The van der Waals surface area contributed by atoms with E-state index in [1.54, 1.807) is 0 Å². The quantitative estimate of drug-likeness (QED) is 0.290. The van der Waals surface area contributed by atoms with Crippen LogP contribution in [0.5, 0.6) is 0 Å². The van der Waals surface area contributed by atoms with E-state index >= 15 is 0 Å². The van der Waals surface area contributed by atoms with Crippen molar-refractivity contribution in [1.82, 2.24) is 5.32 Å². The minimum absolute atomic E-state index is 0.0360. The van der Waals surface area contributed by atoms with Crippen molar-refractivity contribution in [2.45, 2.75) is 135 Å². The number of carboxylic acids is 1. The molecule has 0 aromatic heterocycles. The number of carbonyl (C=O) groups is 6. The Bertz CT molecular complexity index is 1370. The van der Waals surface area contributed by atoms with Crippen LogP contribution in [0.3, 0.4) is 0 Å². The summed E-state index contributed by atoms with van der Waals surface area (Å²) < 4.78 is 17.1. The number of Topliss-reactive ketones (excluding diaryl/α,β-unsaturated/α-hetero) is 1. The summed E-state index contributed by atoms with van der Waals surface area (Å²) in [6.45, 7) is 9.43.